The maximum absolute atomic E-state index is 13.8. The van der Waals surface area contributed by atoms with Crippen molar-refractivity contribution in [2.45, 2.75) is 86.0 Å². The number of ketones is 1. The molecule has 1 aliphatic rings. The van der Waals surface area contributed by atoms with Crippen LogP contribution in [-0.2, 0) is 9.36 Å². The number of carbonyl (C=O) groups is 2. The van der Waals surface area contributed by atoms with E-state index in [1.54, 1.807) is 0 Å². The summed E-state index contributed by atoms with van der Waals surface area (Å²) in [5.41, 5.74) is 2.05. The van der Waals surface area contributed by atoms with Crippen molar-refractivity contribution in [3.05, 3.63) is 34.4 Å². The number of hydrogen-bond acceptors (Lipinski definition) is 3. The normalized spacial score (nSPS) is 17.3. The molecule has 1 N–H and O–H groups in total. The lowest BCUT2D eigenvalue weighted by Crippen LogP contribution is -2.49. The second kappa shape index (κ2) is 10.3. The Balaban J connectivity index is 0.00000190. The van der Waals surface area contributed by atoms with Crippen LogP contribution >= 0.6 is 9.12 Å². The van der Waals surface area contributed by atoms with E-state index < -0.39 is 16.8 Å². The fourth-order valence-electron chi connectivity index (χ4n) is 5.06. The molecule has 2 unspecified atom stereocenters. The molecule has 0 saturated heterocycles. The highest BCUT2D eigenvalue weighted by Gasteiger charge is 2.58. The van der Waals surface area contributed by atoms with Gasteiger partial charge >= 0.3 is 15.1 Å². The summed E-state index contributed by atoms with van der Waals surface area (Å²) in [7, 11) is 1.17. The first kappa shape index (κ1) is 24.5. The molecule has 1 aromatic rings. The topological polar surface area (TPSA) is 71.4 Å². The van der Waals surface area contributed by atoms with Gasteiger partial charge in [0.2, 0.25) is 0 Å². The standard InChI is InChI=1S/C23H34O3.H2OP/c1-6-7-8-11-22(5,21(25)26)23(12-9-10-13-23)20(24)19-17(3)14-16(2)15-18(19)4;1-2/h14-15H,6-13H2,1-5H3,(H,25,26);2H2/q;+1. The van der Waals surface area contributed by atoms with E-state index in [4.69, 9.17) is 4.57 Å². The SMILES string of the molecule is CCCCCC(C)(C(=O)O)C1(C(=O)c2c(C)cc(C)cc2C)CCCC1.O=[PH2+]. The minimum atomic E-state index is -1.00. The van der Waals surface area contributed by atoms with Gasteiger partial charge < -0.3 is 5.11 Å². The molecule has 0 aliphatic heterocycles. The molecule has 0 spiro atoms. The van der Waals surface area contributed by atoms with Gasteiger partial charge in [0.15, 0.2) is 5.78 Å². The quantitative estimate of drug-likeness (QED) is 0.315. The van der Waals surface area contributed by atoms with Crippen LogP contribution in [-0.4, -0.2) is 16.9 Å². The van der Waals surface area contributed by atoms with Crippen LogP contribution in [0.1, 0.15) is 92.3 Å². The van der Waals surface area contributed by atoms with Gasteiger partial charge in [-0.1, -0.05) is 61.3 Å². The molecule has 1 aliphatic carbocycles. The lowest BCUT2D eigenvalue weighted by Gasteiger charge is -2.43. The third-order valence-corrected chi connectivity index (χ3v) is 6.60. The second-order valence-corrected chi connectivity index (χ2v) is 8.49. The number of aryl methyl sites for hydroxylation is 3. The predicted molar refractivity (Wildman–Crippen MR) is 116 cm³/mol. The molecule has 0 heterocycles. The molecule has 0 radical (unpaired) electrons. The van der Waals surface area contributed by atoms with E-state index in [1.165, 1.54) is 9.12 Å². The van der Waals surface area contributed by atoms with Crippen molar-refractivity contribution < 1.29 is 19.3 Å². The highest BCUT2D eigenvalue weighted by atomic mass is 31.0. The molecule has 2 rings (SSSR count). The fourth-order valence-corrected chi connectivity index (χ4v) is 5.06. The van der Waals surface area contributed by atoms with Gasteiger partial charge in [0.1, 0.15) is 0 Å². The molecule has 0 bridgehead atoms. The van der Waals surface area contributed by atoms with Crippen LogP contribution in [0.15, 0.2) is 12.1 Å². The van der Waals surface area contributed by atoms with Crippen LogP contribution in [0, 0.1) is 31.6 Å². The Bertz CT molecular complexity index is 684. The molecule has 1 fully saturated rings. The molecular formula is C23H36O4P+. The lowest BCUT2D eigenvalue weighted by atomic mass is 9.57. The smallest absolute Gasteiger partial charge is 0.310 e. The first-order chi connectivity index (χ1) is 13.2. The van der Waals surface area contributed by atoms with Gasteiger partial charge in [-0.2, -0.15) is 0 Å². The molecule has 0 aromatic heterocycles. The van der Waals surface area contributed by atoms with E-state index >= 15 is 0 Å². The summed E-state index contributed by atoms with van der Waals surface area (Å²) in [5.74, 6) is -0.752. The van der Waals surface area contributed by atoms with Gasteiger partial charge in [-0.3, -0.25) is 9.59 Å². The Morgan fingerprint density at radius 2 is 1.57 bits per heavy atom. The summed E-state index contributed by atoms with van der Waals surface area (Å²) >= 11 is 0. The van der Waals surface area contributed by atoms with Gasteiger partial charge in [0.25, 0.3) is 0 Å². The maximum atomic E-state index is 13.8. The average molecular weight is 408 g/mol. The summed E-state index contributed by atoms with van der Waals surface area (Å²) in [6.07, 6.45) is 6.74. The van der Waals surface area contributed by atoms with Gasteiger partial charge in [-0.05, 0) is 58.1 Å². The Kier molecular flexibility index (Phi) is 9.01. The van der Waals surface area contributed by atoms with E-state index in [-0.39, 0.29) is 5.78 Å². The van der Waals surface area contributed by atoms with Crippen LogP contribution in [0.5, 0.6) is 0 Å². The number of carbonyl (C=O) groups excluding carboxylic acids is 1. The van der Waals surface area contributed by atoms with E-state index in [0.717, 1.165) is 54.4 Å². The molecule has 1 aromatic carbocycles. The number of unbranched alkanes of at least 4 members (excludes halogenated alkanes) is 2. The van der Waals surface area contributed by atoms with Crippen molar-refractivity contribution in [3.8, 4) is 0 Å². The van der Waals surface area contributed by atoms with Crippen LogP contribution in [0.3, 0.4) is 0 Å². The molecule has 5 heteroatoms. The van der Waals surface area contributed by atoms with Crippen LogP contribution in [0.25, 0.3) is 0 Å². The van der Waals surface area contributed by atoms with Gasteiger partial charge in [0.05, 0.1) is 5.41 Å². The predicted octanol–water partition coefficient (Wildman–Crippen LogP) is 6.23. The van der Waals surface area contributed by atoms with Crippen molar-refractivity contribution in [1.82, 2.24) is 0 Å². The van der Waals surface area contributed by atoms with Crippen molar-refractivity contribution >= 4 is 20.9 Å². The summed E-state index contributed by atoms with van der Waals surface area (Å²) in [6, 6.07) is 4.08. The summed E-state index contributed by atoms with van der Waals surface area (Å²) in [4.78, 5) is 26.3. The van der Waals surface area contributed by atoms with Crippen LogP contribution in [0.4, 0.5) is 0 Å². The number of aliphatic carboxylic acids is 1. The molecule has 2 atom stereocenters. The first-order valence-corrected chi connectivity index (χ1v) is 10.8. The lowest BCUT2D eigenvalue weighted by molar-refractivity contribution is -0.155. The number of benzene rings is 1. The summed E-state index contributed by atoms with van der Waals surface area (Å²) in [6.45, 7) is 9.93. The van der Waals surface area contributed by atoms with Crippen molar-refractivity contribution in [3.63, 3.8) is 0 Å². The Hall–Kier alpha value is -1.54. The maximum Gasteiger partial charge on any atom is 0.310 e. The zero-order valence-electron chi connectivity index (χ0n) is 18.1. The number of carboxylic acids is 1. The van der Waals surface area contributed by atoms with E-state index in [9.17, 15) is 14.7 Å². The Morgan fingerprint density at radius 1 is 1.07 bits per heavy atom. The highest BCUT2D eigenvalue weighted by molar-refractivity contribution is 7.00. The zero-order chi connectivity index (χ0) is 21.5. The molecule has 4 nitrogen and oxygen atoms in total. The molecule has 0 amide bonds. The number of hydrogen-bond donors (Lipinski definition) is 1. The van der Waals surface area contributed by atoms with E-state index in [1.807, 2.05) is 39.8 Å². The summed E-state index contributed by atoms with van der Waals surface area (Å²) in [5, 5.41) is 10.2. The number of carboxylic acid groups (broad SMARTS) is 1. The van der Waals surface area contributed by atoms with Gasteiger partial charge in [-0.25, -0.2) is 0 Å². The number of Topliss-reactive ketones (excluding diaryl/α,β-unsaturated/α-hetero) is 1. The monoisotopic (exact) mass is 407 g/mol. The molecule has 1 saturated carbocycles. The van der Waals surface area contributed by atoms with Crippen molar-refractivity contribution in [2.24, 2.45) is 10.8 Å². The zero-order valence-corrected chi connectivity index (χ0v) is 19.2. The van der Waals surface area contributed by atoms with Crippen molar-refractivity contribution in [1.29, 1.82) is 0 Å². The highest BCUT2D eigenvalue weighted by Crippen LogP contribution is 2.56. The molecular weight excluding hydrogens is 371 g/mol. The van der Waals surface area contributed by atoms with Crippen molar-refractivity contribution in [2.75, 3.05) is 0 Å². The average Bonchev–Trinajstić information content (AvgIpc) is 3.14. The van der Waals surface area contributed by atoms with Crippen LogP contribution < -0.4 is 0 Å². The minimum absolute atomic E-state index is 0.0615. The third-order valence-electron chi connectivity index (χ3n) is 6.60. The van der Waals surface area contributed by atoms with Crippen LogP contribution in [0.2, 0.25) is 0 Å². The van der Waals surface area contributed by atoms with E-state index in [2.05, 4.69) is 6.92 Å². The summed E-state index contributed by atoms with van der Waals surface area (Å²) < 4.78 is 8.17. The Morgan fingerprint density at radius 3 is 2.00 bits per heavy atom. The first-order valence-electron chi connectivity index (χ1n) is 10.3. The van der Waals surface area contributed by atoms with E-state index in [0.29, 0.717) is 19.3 Å². The minimum Gasteiger partial charge on any atom is -0.481 e. The molecule has 28 heavy (non-hydrogen) atoms. The fraction of sp³-hybridized carbons (Fsp3) is 0.652. The third kappa shape index (κ3) is 4.54. The largest absolute Gasteiger partial charge is 0.481 e. The van der Waals surface area contributed by atoms with Gasteiger partial charge in [-0.15, -0.1) is 0 Å². The Labute approximate surface area is 171 Å². The molecule has 156 valence electrons. The number of rotatable bonds is 8. The van der Waals surface area contributed by atoms with Gasteiger partial charge in [0, 0.05) is 11.0 Å². The second-order valence-electron chi connectivity index (χ2n) is 8.49.